The van der Waals surface area contributed by atoms with Gasteiger partial charge in [0.05, 0.1) is 17.0 Å². The summed E-state index contributed by atoms with van der Waals surface area (Å²) >= 11 is 1.27. The first-order valence-corrected chi connectivity index (χ1v) is 10.00. The third-order valence-corrected chi connectivity index (χ3v) is 5.66. The zero-order valence-electron chi connectivity index (χ0n) is 16.3. The second kappa shape index (κ2) is 8.52. The summed E-state index contributed by atoms with van der Waals surface area (Å²) in [6, 6.07) is 11.1. The second-order valence-electron chi connectivity index (χ2n) is 6.63. The number of carbonyl (C=O) groups is 2. The minimum absolute atomic E-state index is 0.0742. The molecule has 28 heavy (non-hydrogen) atoms. The fourth-order valence-corrected chi connectivity index (χ4v) is 3.45. The van der Waals surface area contributed by atoms with Gasteiger partial charge >= 0.3 is 0 Å². The van der Waals surface area contributed by atoms with Crippen LogP contribution in [0.25, 0.3) is 11.0 Å². The van der Waals surface area contributed by atoms with Gasteiger partial charge in [-0.15, -0.1) is 11.8 Å². The van der Waals surface area contributed by atoms with E-state index in [4.69, 9.17) is 8.94 Å². The summed E-state index contributed by atoms with van der Waals surface area (Å²) in [5.74, 6) is 1.61. The lowest BCUT2D eigenvalue weighted by Crippen LogP contribution is -2.32. The summed E-state index contributed by atoms with van der Waals surface area (Å²) in [7, 11) is 1.74. The Bertz CT molecular complexity index is 948. The molecule has 1 aromatic carbocycles. The highest BCUT2D eigenvalue weighted by atomic mass is 32.2. The van der Waals surface area contributed by atoms with E-state index < -0.39 is 5.25 Å². The van der Waals surface area contributed by atoms with E-state index in [9.17, 15) is 9.59 Å². The molecule has 2 heterocycles. The molecule has 1 N–H and O–H groups in total. The minimum atomic E-state index is -0.407. The smallest absolute Gasteiger partial charge is 0.238 e. The third kappa shape index (κ3) is 4.56. The van der Waals surface area contributed by atoms with E-state index in [-0.39, 0.29) is 23.6 Å². The molecular weight excluding hydrogens is 378 g/mol. The van der Waals surface area contributed by atoms with Crippen molar-refractivity contribution in [1.29, 1.82) is 0 Å². The van der Waals surface area contributed by atoms with Crippen LogP contribution in [0, 0.1) is 6.92 Å². The maximum absolute atomic E-state index is 12.6. The number of rotatable bonds is 7. The van der Waals surface area contributed by atoms with Crippen molar-refractivity contribution in [2.24, 2.45) is 0 Å². The van der Waals surface area contributed by atoms with E-state index >= 15 is 0 Å². The monoisotopic (exact) mass is 401 g/mol. The first-order valence-electron chi connectivity index (χ1n) is 8.95. The predicted octanol–water partition coefficient (Wildman–Crippen LogP) is 4.01. The Morgan fingerprint density at radius 1 is 1.25 bits per heavy atom. The van der Waals surface area contributed by atoms with Gasteiger partial charge in [-0.3, -0.25) is 9.59 Å². The van der Waals surface area contributed by atoms with Crippen molar-refractivity contribution < 1.29 is 18.5 Å². The highest BCUT2D eigenvalue weighted by molar-refractivity contribution is 8.01. The van der Waals surface area contributed by atoms with Crippen LogP contribution in [0.5, 0.6) is 0 Å². The summed E-state index contributed by atoms with van der Waals surface area (Å²) in [4.78, 5) is 26.4. The van der Waals surface area contributed by atoms with Gasteiger partial charge in [-0.25, -0.2) is 0 Å². The van der Waals surface area contributed by atoms with Crippen LogP contribution in [0.1, 0.15) is 31.4 Å². The Kier molecular flexibility index (Phi) is 6.08. The van der Waals surface area contributed by atoms with Crippen LogP contribution in [-0.2, 0) is 9.59 Å². The number of hydrogen-bond acceptors (Lipinski definition) is 6. The van der Waals surface area contributed by atoms with Gasteiger partial charge in [0, 0.05) is 18.5 Å². The largest absolute Gasteiger partial charge is 0.459 e. The molecular formula is C20H23N3O4S. The molecule has 2 aromatic heterocycles. The number of benzene rings is 1. The lowest BCUT2D eigenvalue weighted by atomic mass is 10.2. The van der Waals surface area contributed by atoms with E-state index in [0.29, 0.717) is 11.6 Å². The minimum Gasteiger partial charge on any atom is -0.459 e. The average Bonchev–Trinajstić information content (AvgIpc) is 3.30. The Hall–Kier alpha value is -2.74. The van der Waals surface area contributed by atoms with Gasteiger partial charge < -0.3 is 19.2 Å². The number of nitrogens with one attached hydrogen (secondary N) is 1. The van der Waals surface area contributed by atoms with Gasteiger partial charge in [0.25, 0.3) is 0 Å². The van der Waals surface area contributed by atoms with Crippen LogP contribution in [0.3, 0.4) is 0 Å². The molecule has 0 saturated heterocycles. The van der Waals surface area contributed by atoms with Gasteiger partial charge in [-0.2, -0.15) is 0 Å². The van der Waals surface area contributed by atoms with Crippen molar-refractivity contribution in [3.05, 3.63) is 47.9 Å². The predicted molar refractivity (Wildman–Crippen MR) is 109 cm³/mol. The number of fused-ring (bicyclic) bond motifs is 1. The quantitative estimate of drug-likeness (QED) is 0.643. The number of aryl methyl sites for hydroxylation is 1. The fourth-order valence-electron chi connectivity index (χ4n) is 2.64. The third-order valence-electron chi connectivity index (χ3n) is 4.54. The fraction of sp³-hybridized carbons (Fsp3) is 0.350. The van der Waals surface area contributed by atoms with E-state index in [1.165, 1.54) is 11.8 Å². The molecule has 0 bridgehead atoms. The van der Waals surface area contributed by atoms with Crippen LogP contribution in [-0.4, -0.2) is 39.9 Å². The number of hydrogen-bond donors (Lipinski definition) is 1. The zero-order valence-corrected chi connectivity index (χ0v) is 17.1. The van der Waals surface area contributed by atoms with E-state index in [1.54, 1.807) is 31.9 Å². The molecule has 0 aliphatic carbocycles. The number of thioether (sulfide) groups is 1. The van der Waals surface area contributed by atoms with Crippen molar-refractivity contribution in [2.75, 3.05) is 18.1 Å². The van der Waals surface area contributed by atoms with Crippen LogP contribution >= 0.6 is 11.8 Å². The van der Waals surface area contributed by atoms with Crippen molar-refractivity contribution in [2.45, 2.75) is 32.1 Å². The van der Waals surface area contributed by atoms with Crippen molar-refractivity contribution >= 4 is 40.4 Å². The second-order valence-corrected chi connectivity index (χ2v) is 7.96. The van der Waals surface area contributed by atoms with Crippen LogP contribution in [0.15, 0.2) is 45.3 Å². The number of furan rings is 1. The molecule has 3 aromatic rings. The maximum atomic E-state index is 12.6. The zero-order chi connectivity index (χ0) is 20.3. The SMILES string of the molecule is Cc1cc(NC(=O)C(C)SCC(=O)N(C)C(C)c2cc3ccccc3o2)no1. The number of aromatic nitrogens is 1. The Balaban J connectivity index is 1.53. The van der Waals surface area contributed by atoms with Crippen molar-refractivity contribution in [3.63, 3.8) is 0 Å². The Morgan fingerprint density at radius 2 is 2.00 bits per heavy atom. The molecule has 2 atom stereocenters. The lowest BCUT2D eigenvalue weighted by Gasteiger charge is -2.23. The molecule has 0 radical (unpaired) electrons. The molecule has 148 valence electrons. The number of amides is 2. The lowest BCUT2D eigenvalue weighted by molar-refractivity contribution is -0.129. The van der Waals surface area contributed by atoms with Gasteiger partial charge in [0.2, 0.25) is 11.8 Å². The standard InChI is InChI=1S/C20H23N3O4S/c1-12-9-18(22-27-12)21-20(25)14(3)28-11-19(24)23(4)13(2)17-10-15-7-5-6-8-16(15)26-17/h5-10,13-14H,11H2,1-4H3,(H,21,22,25). The van der Waals surface area contributed by atoms with Crippen LogP contribution < -0.4 is 5.32 Å². The number of nitrogens with zero attached hydrogens (tertiary/aromatic N) is 2. The first-order chi connectivity index (χ1) is 13.3. The number of anilines is 1. The summed E-state index contributed by atoms with van der Waals surface area (Å²) < 4.78 is 10.8. The van der Waals surface area contributed by atoms with Crippen molar-refractivity contribution in [3.8, 4) is 0 Å². The summed E-state index contributed by atoms with van der Waals surface area (Å²) in [5, 5.41) is 7.01. The number of para-hydroxylation sites is 1. The molecule has 8 heteroatoms. The molecule has 0 spiro atoms. The molecule has 0 fully saturated rings. The molecule has 3 rings (SSSR count). The van der Waals surface area contributed by atoms with E-state index in [1.807, 2.05) is 37.3 Å². The molecule has 7 nitrogen and oxygen atoms in total. The van der Waals surface area contributed by atoms with Crippen molar-refractivity contribution in [1.82, 2.24) is 10.1 Å². The summed E-state index contributed by atoms with van der Waals surface area (Å²) in [6.07, 6.45) is 0. The molecule has 2 amide bonds. The normalized spacial score (nSPS) is 13.3. The molecule has 0 saturated carbocycles. The number of carbonyl (C=O) groups excluding carboxylic acids is 2. The van der Waals surface area contributed by atoms with Gasteiger partial charge in [-0.05, 0) is 32.9 Å². The molecule has 2 unspecified atom stereocenters. The molecule has 0 aliphatic heterocycles. The summed E-state index contributed by atoms with van der Waals surface area (Å²) in [5.41, 5.74) is 0.799. The van der Waals surface area contributed by atoms with Gasteiger partial charge in [-0.1, -0.05) is 23.4 Å². The average molecular weight is 401 g/mol. The van der Waals surface area contributed by atoms with E-state index in [2.05, 4.69) is 10.5 Å². The maximum Gasteiger partial charge on any atom is 0.238 e. The Labute approximate surface area is 167 Å². The van der Waals surface area contributed by atoms with Gasteiger partial charge in [0.1, 0.15) is 17.1 Å². The summed E-state index contributed by atoms with van der Waals surface area (Å²) in [6.45, 7) is 5.42. The highest BCUT2D eigenvalue weighted by Gasteiger charge is 2.23. The Morgan fingerprint density at radius 3 is 2.68 bits per heavy atom. The first kappa shape index (κ1) is 20.0. The topological polar surface area (TPSA) is 88.6 Å². The molecule has 0 aliphatic rings. The van der Waals surface area contributed by atoms with Crippen LogP contribution in [0.4, 0.5) is 5.82 Å². The van der Waals surface area contributed by atoms with E-state index in [0.717, 1.165) is 16.7 Å². The highest BCUT2D eigenvalue weighted by Crippen LogP contribution is 2.27. The van der Waals surface area contributed by atoms with Crippen LogP contribution in [0.2, 0.25) is 0 Å². The van der Waals surface area contributed by atoms with Gasteiger partial charge in [0.15, 0.2) is 5.82 Å².